The average Bonchev–Trinajstić information content (AvgIpc) is 2.60. The third-order valence-electron chi connectivity index (χ3n) is 3.76. The first-order valence-electron chi connectivity index (χ1n) is 8.03. The minimum absolute atomic E-state index is 0.0151. The molecule has 0 saturated heterocycles. The number of benzene rings is 2. The molecule has 0 spiro atoms. The zero-order chi connectivity index (χ0) is 17.4. The number of hydrogen-bond acceptors (Lipinski definition) is 3. The fraction of sp³-hybridized carbons (Fsp3) is 0.316. The number of amides is 1. The maximum Gasteiger partial charge on any atom is 0.237 e. The molecule has 0 aliphatic rings. The van der Waals surface area contributed by atoms with Crippen molar-refractivity contribution in [3.8, 4) is 5.75 Å². The molecule has 1 unspecified atom stereocenters. The Bertz CT molecular complexity index is 655. The number of carbonyl (C=O) groups is 1. The van der Waals surface area contributed by atoms with Gasteiger partial charge in [-0.3, -0.25) is 4.79 Å². The molecule has 0 radical (unpaired) electrons. The van der Waals surface area contributed by atoms with Crippen LogP contribution >= 0.6 is 11.6 Å². The minimum Gasteiger partial charge on any atom is -0.489 e. The van der Waals surface area contributed by atoms with E-state index in [1.54, 1.807) is 7.05 Å². The van der Waals surface area contributed by atoms with Crippen LogP contribution in [0.4, 0.5) is 0 Å². The molecule has 0 aromatic heterocycles. The van der Waals surface area contributed by atoms with E-state index < -0.39 is 0 Å². The summed E-state index contributed by atoms with van der Waals surface area (Å²) >= 11 is 5.96. The molecule has 5 heteroatoms. The normalized spacial score (nSPS) is 11.8. The molecule has 1 atom stereocenters. The van der Waals surface area contributed by atoms with Crippen molar-refractivity contribution in [1.29, 1.82) is 0 Å². The van der Waals surface area contributed by atoms with Crippen LogP contribution in [0, 0.1) is 0 Å². The number of halogens is 1. The molecular weight excluding hydrogens is 324 g/mol. The lowest BCUT2D eigenvalue weighted by Gasteiger charge is -2.14. The van der Waals surface area contributed by atoms with E-state index in [0.29, 0.717) is 18.2 Å². The Morgan fingerprint density at radius 1 is 1.17 bits per heavy atom. The van der Waals surface area contributed by atoms with Gasteiger partial charge in [0.05, 0.1) is 6.04 Å². The third kappa shape index (κ3) is 5.55. The van der Waals surface area contributed by atoms with Gasteiger partial charge < -0.3 is 15.4 Å². The van der Waals surface area contributed by atoms with Gasteiger partial charge in [-0.25, -0.2) is 0 Å². The standard InChI is InChI=1S/C19H23ClN2O2/c1-3-18(21-2)19(23)22-12-14-7-9-17(10-8-14)24-13-15-5-4-6-16(20)11-15/h4-11,18,21H,3,12-13H2,1-2H3,(H,22,23). The van der Waals surface area contributed by atoms with Crippen molar-refractivity contribution in [3.05, 3.63) is 64.7 Å². The Kier molecular flexibility index (Phi) is 7.09. The highest BCUT2D eigenvalue weighted by Gasteiger charge is 2.12. The molecule has 0 saturated carbocycles. The molecule has 2 aromatic rings. The smallest absolute Gasteiger partial charge is 0.237 e. The van der Waals surface area contributed by atoms with Crippen LogP contribution in [0.5, 0.6) is 5.75 Å². The predicted molar refractivity (Wildman–Crippen MR) is 97.2 cm³/mol. The number of rotatable bonds is 8. The summed E-state index contributed by atoms with van der Waals surface area (Å²) in [6.45, 7) is 2.95. The molecule has 2 rings (SSSR count). The van der Waals surface area contributed by atoms with E-state index in [2.05, 4.69) is 10.6 Å². The van der Waals surface area contributed by atoms with Crippen molar-refractivity contribution < 1.29 is 9.53 Å². The maximum absolute atomic E-state index is 11.9. The number of hydrogen-bond donors (Lipinski definition) is 2. The predicted octanol–water partition coefficient (Wildman–Crippen LogP) is 3.53. The Morgan fingerprint density at radius 2 is 1.92 bits per heavy atom. The number of ether oxygens (including phenoxy) is 1. The molecule has 0 heterocycles. The Labute approximate surface area is 148 Å². The van der Waals surface area contributed by atoms with Crippen LogP contribution in [-0.2, 0) is 17.9 Å². The summed E-state index contributed by atoms with van der Waals surface area (Å²) in [5.41, 5.74) is 2.06. The third-order valence-corrected chi connectivity index (χ3v) is 3.99. The van der Waals surface area contributed by atoms with Crippen LogP contribution in [0.2, 0.25) is 5.02 Å². The van der Waals surface area contributed by atoms with E-state index >= 15 is 0 Å². The number of carbonyl (C=O) groups excluding carboxylic acids is 1. The first-order chi connectivity index (χ1) is 11.6. The van der Waals surface area contributed by atoms with E-state index in [4.69, 9.17) is 16.3 Å². The Hall–Kier alpha value is -2.04. The Balaban J connectivity index is 1.83. The summed E-state index contributed by atoms with van der Waals surface area (Å²) < 4.78 is 5.74. The van der Waals surface area contributed by atoms with Crippen molar-refractivity contribution >= 4 is 17.5 Å². The molecule has 1 amide bonds. The van der Waals surface area contributed by atoms with Crippen LogP contribution < -0.4 is 15.4 Å². The highest BCUT2D eigenvalue weighted by atomic mass is 35.5. The Morgan fingerprint density at radius 3 is 2.54 bits per heavy atom. The second kappa shape index (κ2) is 9.30. The van der Waals surface area contributed by atoms with Gasteiger partial charge in [-0.15, -0.1) is 0 Å². The van der Waals surface area contributed by atoms with Gasteiger partial charge in [0.1, 0.15) is 12.4 Å². The summed E-state index contributed by atoms with van der Waals surface area (Å²) in [7, 11) is 1.79. The SMILES string of the molecule is CCC(NC)C(=O)NCc1ccc(OCc2cccc(Cl)c2)cc1. The summed E-state index contributed by atoms with van der Waals surface area (Å²) in [5.74, 6) is 0.799. The van der Waals surface area contributed by atoms with Crippen molar-refractivity contribution in [2.75, 3.05) is 7.05 Å². The number of likely N-dealkylation sites (N-methyl/N-ethyl adjacent to an activating group) is 1. The van der Waals surface area contributed by atoms with Crippen molar-refractivity contribution in [1.82, 2.24) is 10.6 Å². The van der Waals surface area contributed by atoms with Gasteiger partial charge in [-0.2, -0.15) is 0 Å². The van der Waals surface area contributed by atoms with Gasteiger partial charge in [0.15, 0.2) is 0 Å². The van der Waals surface area contributed by atoms with Gasteiger partial charge >= 0.3 is 0 Å². The van der Waals surface area contributed by atoms with Crippen LogP contribution in [-0.4, -0.2) is 19.0 Å². The van der Waals surface area contributed by atoms with Crippen LogP contribution in [0.15, 0.2) is 48.5 Å². The fourth-order valence-corrected chi connectivity index (χ4v) is 2.54. The molecule has 2 N–H and O–H groups in total. The maximum atomic E-state index is 11.9. The van der Waals surface area contributed by atoms with E-state index in [-0.39, 0.29) is 11.9 Å². The van der Waals surface area contributed by atoms with Gasteiger partial charge in [-0.05, 0) is 48.9 Å². The van der Waals surface area contributed by atoms with Gasteiger partial charge in [-0.1, -0.05) is 42.8 Å². The highest BCUT2D eigenvalue weighted by Crippen LogP contribution is 2.16. The molecule has 24 heavy (non-hydrogen) atoms. The lowest BCUT2D eigenvalue weighted by atomic mass is 10.2. The molecular formula is C19H23ClN2O2. The van der Waals surface area contributed by atoms with Gasteiger partial charge in [0, 0.05) is 11.6 Å². The second-order valence-corrected chi connectivity index (χ2v) is 5.97. The van der Waals surface area contributed by atoms with E-state index in [0.717, 1.165) is 23.3 Å². The van der Waals surface area contributed by atoms with E-state index in [9.17, 15) is 4.79 Å². The first-order valence-corrected chi connectivity index (χ1v) is 8.41. The molecule has 0 aliphatic heterocycles. The first kappa shape index (κ1) is 18.3. The monoisotopic (exact) mass is 346 g/mol. The zero-order valence-corrected chi connectivity index (χ0v) is 14.8. The van der Waals surface area contributed by atoms with Crippen LogP contribution in [0.1, 0.15) is 24.5 Å². The summed E-state index contributed by atoms with van der Waals surface area (Å²) in [6.07, 6.45) is 0.763. The second-order valence-electron chi connectivity index (χ2n) is 5.53. The molecule has 0 aliphatic carbocycles. The summed E-state index contributed by atoms with van der Waals surface area (Å²) in [5, 5.41) is 6.62. The van der Waals surface area contributed by atoms with Crippen molar-refractivity contribution in [2.24, 2.45) is 0 Å². The zero-order valence-electron chi connectivity index (χ0n) is 14.0. The van der Waals surface area contributed by atoms with E-state index in [1.807, 2.05) is 55.5 Å². The van der Waals surface area contributed by atoms with E-state index in [1.165, 1.54) is 0 Å². The molecule has 4 nitrogen and oxygen atoms in total. The lowest BCUT2D eigenvalue weighted by Crippen LogP contribution is -2.41. The molecule has 2 aromatic carbocycles. The van der Waals surface area contributed by atoms with Crippen molar-refractivity contribution in [2.45, 2.75) is 32.5 Å². The summed E-state index contributed by atoms with van der Waals surface area (Å²) in [6, 6.07) is 15.2. The molecule has 0 fully saturated rings. The molecule has 0 bridgehead atoms. The van der Waals surface area contributed by atoms with Gasteiger partial charge in [0.25, 0.3) is 0 Å². The quantitative estimate of drug-likeness (QED) is 0.768. The average molecular weight is 347 g/mol. The fourth-order valence-electron chi connectivity index (χ4n) is 2.33. The largest absolute Gasteiger partial charge is 0.489 e. The molecule has 128 valence electrons. The topological polar surface area (TPSA) is 50.4 Å². The van der Waals surface area contributed by atoms with Crippen molar-refractivity contribution in [3.63, 3.8) is 0 Å². The highest BCUT2D eigenvalue weighted by molar-refractivity contribution is 6.30. The number of nitrogens with one attached hydrogen (secondary N) is 2. The van der Waals surface area contributed by atoms with Crippen LogP contribution in [0.25, 0.3) is 0 Å². The summed E-state index contributed by atoms with van der Waals surface area (Å²) in [4.78, 5) is 11.9. The minimum atomic E-state index is -0.148. The van der Waals surface area contributed by atoms with Gasteiger partial charge in [0.2, 0.25) is 5.91 Å². The van der Waals surface area contributed by atoms with Crippen LogP contribution in [0.3, 0.4) is 0 Å². The lowest BCUT2D eigenvalue weighted by molar-refractivity contribution is -0.123.